The van der Waals surface area contributed by atoms with Crippen molar-refractivity contribution in [2.75, 3.05) is 6.61 Å². The number of halogens is 3. The van der Waals surface area contributed by atoms with E-state index in [1.165, 1.54) is 26.1 Å². The Bertz CT molecular complexity index is 774. The topological polar surface area (TPSA) is 72.0 Å². The van der Waals surface area contributed by atoms with Gasteiger partial charge in [0.05, 0.1) is 12.1 Å². The van der Waals surface area contributed by atoms with Crippen LogP contribution in [0.2, 0.25) is 5.15 Å². The number of ether oxygens (including phenoxy) is 1. The average Bonchev–Trinajstić information content (AvgIpc) is 2.38. The number of hydrogen-bond donors (Lipinski definition) is 1. The molecular formula is C13H11ClF2N2O3. The second-order valence-electron chi connectivity index (χ2n) is 4.27. The van der Waals surface area contributed by atoms with Gasteiger partial charge in [0, 0.05) is 11.6 Å². The Kier molecular flexibility index (Phi) is 3.95. The van der Waals surface area contributed by atoms with E-state index in [1.54, 1.807) is 0 Å². The van der Waals surface area contributed by atoms with Crippen LogP contribution >= 0.6 is 11.6 Å². The number of carbonyl (C=O) groups excluding carboxylic acids is 1. The first-order valence-corrected chi connectivity index (χ1v) is 6.41. The number of rotatable bonds is 3. The molecule has 0 aliphatic rings. The van der Waals surface area contributed by atoms with Crippen LogP contribution in [0, 0.1) is 6.92 Å². The fraction of sp³-hybridized carbons (Fsp3) is 0.308. The Hall–Kier alpha value is -2.02. The van der Waals surface area contributed by atoms with Crippen molar-refractivity contribution >= 4 is 28.5 Å². The number of aromatic amines is 1. The van der Waals surface area contributed by atoms with Crippen LogP contribution in [-0.4, -0.2) is 22.5 Å². The molecule has 0 bridgehead atoms. The molecule has 8 heteroatoms. The molecule has 0 spiro atoms. The number of H-pyrrole nitrogens is 1. The maximum Gasteiger partial charge on any atom is 0.382 e. The highest BCUT2D eigenvalue weighted by atomic mass is 35.5. The van der Waals surface area contributed by atoms with Crippen LogP contribution in [0.4, 0.5) is 8.78 Å². The molecule has 2 rings (SSSR count). The highest BCUT2D eigenvalue weighted by Crippen LogP contribution is 2.33. The van der Waals surface area contributed by atoms with E-state index in [0.717, 1.165) is 0 Å². The molecule has 2 heterocycles. The Morgan fingerprint density at radius 1 is 1.52 bits per heavy atom. The van der Waals surface area contributed by atoms with Gasteiger partial charge >= 0.3 is 11.9 Å². The van der Waals surface area contributed by atoms with Crippen molar-refractivity contribution in [2.24, 2.45) is 0 Å². The second kappa shape index (κ2) is 5.40. The van der Waals surface area contributed by atoms with Gasteiger partial charge in [-0.3, -0.25) is 4.79 Å². The van der Waals surface area contributed by atoms with Gasteiger partial charge in [-0.2, -0.15) is 8.78 Å². The zero-order chi connectivity index (χ0) is 15.8. The monoisotopic (exact) mass is 316 g/mol. The maximum atomic E-state index is 14.2. The van der Waals surface area contributed by atoms with Gasteiger partial charge in [-0.15, -0.1) is 0 Å². The molecule has 21 heavy (non-hydrogen) atoms. The third-order valence-electron chi connectivity index (χ3n) is 2.98. The van der Waals surface area contributed by atoms with Gasteiger partial charge in [0.2, 0.25) is 0 Å². The van der Waals surface area contributed by atoms with Crippen molar-refractivity contribution in [3.8, 4) is 0 Å². The lowest BCUT2D eigenvalue weighted by molar-refractivity contribution is -0.173. The van der Waals surface area contributed by atoms with Crippen molar-refractivity contribution in [3.05, 3.63) is 38.9 Å². The van der Waals surface area contributed by atoms with E-state index >= 15 is 0 Å². The summed E-state index contributed by atoms with van der Waals surface area (Å²) in [6.45, 7) is 2.46. The molecule has 0 aliphatic heterocycles. The first-order chi connectivity index (χ1) is 9.80. The molecule has 0 aliphatic carbocycles. The molecule has 0 unspecified atom stereocenters. The molecule has 5 nitrogen and oxygen atoms in total. The summed E-state index contributed by atoms with van der Waals surface area (Å²) in [5.74, 6) is -5.85. The minimum absolute atomic E-state index is 0.0397. The molecule has 0 aromatic carbocycles. The van der Waals surface area contributed by atoms with Crippen molar-refractivity contribution in [1.29, 1.82) is 0 Å². The smallest absolute Gasteiger partial charge is 0.382 e. The summed E-state index contributed by atoms with van der Waals surface area (Å²) in [5.41, 5.74) is -1.89. The normalized spacial score (nSPS) is 11.7. The number of aryl methyl sites for hydroxylation is 1. The fourth-order valence-electron chi connectivity index (χ4n) is 2.08. The van der Waals surface area contributed by atoms with Crippen LogP contribution in [0.1, 0.15) is 18.1 Å². The molecule has 0 amide bonds. The van der Waals surface area contributed by atoms with Crippen LogP contribution in [0.25, 0.3) is 10.9 Å². The maximum absolute atomic E-state index is 14.2. The van der Waals surface area contributed by atoms with Gasteiger partial charge in [-0.1, -0.05) is 11.6 Å². The van der Waals surface area contributed by atoms with Gasteiger partial charge in [0.1, 0.15) is 10.7 Å². The number of aromatic nitrogens is 2. The number of carbonyl (C=O) groups is 1. The number of alkyl halides is 2. The number of fused-ring (bicyclic) bond motifs is 1. The van der Waals surface area contributed by atoms with Crippen LogP contribution in [0.5, 0.6) is 0 Å². The Labute approximate surface area is 122 Å². The average molecular weight is 317 g/mol. The van der Waals surface area contributed by atoms with E-state index in [4.69, 9.17) is 11.6 Å². The summed E-state index contributed by atoms with van der Waals surface area (Å²) in [6, 6.07) is 1.43. The van der Waals surface area contributed by atoms with Crippen molar-refractivity contribution in [3.63, 3.8) is 0 Å². The predicted molar refractivity (Wildman–Crippen MR) is 72.6 cm³/mol. The largest absolute Gasteiger partial charge is 0.461 e. The molecule has 0 atom stereocenters. The van der Waals surface area contributed by atoms with Gasteiger partial charge < -0.3 is 9.72 Å². The quantitative estimate of drug-likeness (QED) is 0.697. The second-order valence-corrected chi connectivity index (χ2v) is 4.63. The Morgan fingerprint density at radius 3 is 2.81 bits per heavy atom. The highest BCUT2D eigenvalue weighted by Gasteiger charge is 2.46. The SMILES string of the molecule is CCOC(=O)C(F)(F)c1c(C)c2c(Cl)nccc2[nH]c1=O. The van der Waals surface area contributed by atoms with Gasteiger partial charge in [0.25, 0.3) is 5.56 Å². The Balaban J connectivity index is 2.78. The third kappa shape index (κ3) is 2.49. The number of nitrogens with one attached hydrogen (secondary N) is 1. The van der Waals surface area contributed by atoms with E-state index in [0.29, 0.717) is 0 Å². The van der Waals surface area contributed by atoms with Crippen LogP contribution < -0.4 is 5.56 Å². The zero-order valence-electron chi connectivity index (χ0n) is 11.2. The van der Waals surface area contributed by atoms with Crippen LogP contribution in [0.3, 0.4) is 0 Å². The lowest BCUT2D eigenvalue weighted by Gasteiger charge is -2.17. The van der Waals surface area contributed by atoms with E-state index in [-0.39, 0.29) is 28.2 Å². The first-order valence-electron chi connectivity index (χ1n) is 6.03. The van der Waals surface area contributed by atoms with E-state index in [1.807, 2.05) is 0 Å². The number of pyridine rings is 2. The molecule has 1 N–H and O–H groups in total. The summed E-state index contributed by atoms with van der Waals surface area (Å²) >= 11 is 5.88. The molecule has 0 saturated heterocycles. The predicted octanol–water partition coefficient (Wildman–Crippen LogP) is 2.54. The lowest BCUT2D eigenvalue weighted by atomic mass is 10.0. The van der Waals surface area contributed by atoms with Gasteiger partial charge in [-0.05, 0) is 25.5 Å². The molecular weight excluding hydrogens is 306 g/mol. The molecule has 0 radical (unpaired) electrons. The van der Waals surface area contributed by atoms with Gasteiger partial charge in [-0.25, -0.2) is 9.78 Å². The lowest BCUT2D eigenvalue weighted by Crippen LogP contribution is -2.35. The summed E-state index contributed by atoms with van der Waals surface area (Å²) in [7, 11) is 0. The summed E-state index contributed by atoms with van der Waals surface area (Å²) in [5, 5.41) is 0.125. The van der Waals surface area contributed by atoms with Crippen LogP contribution in [-0.2, 0) is 15.5 Å². The zero-order valence-corrected chi connectivity index (χ0v) is 11.9. The molecule has 0 fully saturated rings. The molecule has 2 aromatic heterocycles. The van der Waals surface area contributed by atoms with Gasteiger partial charge in [0.15, 0.2) is 0 Å². The van der Waals surface area contributed by atoms with Crippen LogP contribution in [0.15, 0.2) is 17.1 Å². The highest BCUT2D eigenvalue weighted by molar-refractivity contribution is 6.34. The Morgan fingerprint density at radius 2 is 2.19 bits per heavy atom. The number of hydrogen-bond acceptors (Lipinski definition) is 4. The summed E-state index contributed by atoms with van der Waals surface area (Å²) in [6.07, 6.45) is 1.34. The van der Waals surface area contributed by atoms with Crippen molar-refractivity contribution in [1.82, 2.24) is 9.97 Å². The van der Waals surface area contributed by atoms with Crippen molar-refractivity contribution < 1.29 is 18.3 Å². The third-order valence-corrected chi connectivity index (χ3v) is 3.26. The molecule has 112 valence electrons. The standard InChI is InChI=1S/C13H11ClF2N2O3/c1-3-21-12(20)13(15,16)9-6(2)8-7(18-11(9)19)4-5-17-10(8)14/h4-5H,3H2,1-2H3,(H,18,19). The first kappa shape index (κ1) is 15.4. The number of nitrogens with zero attached hydrogens (tertiary/aromatic N) is 1. The van der Waals surface area contributed by atoms with Crippen molar-refractivity contribution in [2.45, 2.75) is 19.8 Å². The van der Waals surface area contributed by atoms with E-state index in [2.05, 4.69) is 14.7 Å². The molecule has 2 aromatic rings. The summed E-state index contributed by atoms with van der Waals surface area (Å²) in [4.78, 5) is 29.4. The van der Waals surface area contributed by atoms with E-state index < -0.39 is 23.0 Å². The minimum Gasteiger partial charge on any atom is -0.461 e. The minimum atomic E-state index is -4.07. The number of esters is 1. The van der Waals surface area contributed by atoms with E-state index in [9.17, 15) is 18.4 Å². The molecule has 0 saturated carbocycles. The summed E-state index contributed by atoms with van der Waals surface area (Å²) < 4.78 is 32.6. The fourth-order valence-corrected chi connectivity index (χ4v) is 2.38.